The highest BCUT2D eigenvalue weighted by molar-refractivity contribution is 6.00. The number of carbonyl (C=O) groups is 2. The summed E-state index contributed by atoms with van der Waals surface area (Å²) in [5.74, 6) is 0.661. The van der Waals surface area contributed by atoms with Crippen LogP contribution < -0.4 is 5.32 Å². The van der Waals surface area contributed by atoms with Gasteiger partial charge in [-0.3, -0.25) is 14.5 Å². The molecule has 190 valence electrons. The Kier molecular flexibility index (Phi) is 7.17. The van der Waals surface area contributed by atoms with E-state index in [1.807, 2.05) is 11.0 Å². The Labute approximate surface area is 208 Å². The molecule has 2 aromatic rings. The van der Waals surface area contributed by atoms with Gasteiger partial charge in [0, 0.05) is 49.9 Å². The first kappa shape index (κ1) is 24.3. The van der Waals surface area contributed by atoms with Crippen molar-refractivity contribution in [3.63, 3.8) is 0 Å². The third-order valence-electron chi connectivity index (χ3n) is 8.87. The van der Waals surface area contributed by atoms with E-state index in [0.29, 0.717) is 31.9 Å². The third-order valence-corrected chi connectivity index (χ3v) is 8.87. The van der Waals surface area contributed by atoms with Gasteiger partial charge < -0.3 is 19.9 Å². The average Bonchev–Trinajstić information content (AvgIpc) is 3.32. The van der Waals surface area contributed by atoms with Crippen LogP contribution in [-0.4, -0.2) is 71.5 Å². The molecule has 35 heavy (non-hydrogen) atoms. The Bertz CT molecular complexity index is 1040. The zero-order chi connectivity index (χ0) is 24.4. The number of hydrogen-bond donors (Lipinski definition) is 2. The maximum atomic E-state index is 13.7. The smallest absolute Gasteiger partial charge is 0.246 e. The van der Waals surface area contributed by atoms with Gasteiger partial charge in [0.1, 0.15) is 11.6 Å². The number of methoxy groups -OCH3 is 1. The number of H-pyrrole nitrogens is 1. The van der Waals surface area contributed by atoms with Crippen molar-refractivity contribution >= 4 is 22.7 Å². The fourth-order valence-corrected chi connectivity index (χ4v) is 6.71. The van der Waals surface area contributed by atoms with Crippen LogP contribution in [0.5, 0.6) is 0 Å². The van der Waals surface area contributed by atoms with E-state index >= 15 is 0 Å². The van der Waals surface area contributed by atoms with Gasteiger partial charge in [0.25, 0.3) is 0 Å². The minimum atomic E-state index is -0.769. The molecular weight excluding hydrogens is 440 g/mol. The van der Waals surface area contributed by atoms with Crippen molar-refractivity contribution < 1.29 is 14.3 Å². The number of para-hydroxylation sites is 1. The molecule has 2 saturated heterocycles. The van der Waals surface area contributed by atoms with Crippen molar-refractivity contribution in [2.45, 2.75) is 75.9 Å². The minimum Gasteiger partial charge on any atom is -0.383 e. The maximum Gasteiger partial charge on any atom is 0.246 e. The lowest BCUT2D eigenvalue weighted by Gasteiger charge is -2.52. The van der Waals surface area contributed by atoms with Crippen LogP contribution in [0.3, 0.4) is 0 Å². The summed E-state index contributed by atoms with van der Waals surface area (Å²) in [4.78, 5) is 35.1. The van der Waals surface area contributed by atoms with Gasteiger partial charge in [-0.15, -0.1) is 0 Å². The number of carbonyl (C=O) groups excluding carboxylic acids is 2. The quantitative estimate of drug-likeness (QED) is 0.628. The van der Waals surface area contributed by atoms with E-state index in [9.17, 15) is 9.59 Å². The number of benzene rings is 1. The summed E-state index contributed by atoms with van der Waals surface area (Å²) in [6.07, 6.45) is 10.3. The average molecular weight is 481 g/mol. The van der Waals surface area contributed by atoms with E-state index in [1.165, 1.54) is 43.1 Å². The summed E-state index contributed by atoms with van der Waals surface area (Å²) in [5, 5.41) is 4.43. The number of piperazine rings is 1. The zero-order valence-electron chi connectivity index (χ0n) is 21.2. The number of aromatic nitrogens is 1. The summed E-state index contributed by atoms with van der Waals surface area (Å²) in [6, 6.07) is 8.23. The Morgan fingerprint density at radius 1 is 1.11 bits per heavy atom. The molecule has 5 rings (SSSR count). The van der Waals surface area contributed by atoms with Crippen LogP contribution in [0.1, 0.15) is 69.9 Å². The topological polar surface area (TPSA) is 77.7 Å². The Hall–Kier alpha value is -2.38. The van der Waals surface area contributed by atoms with Crippen molar-refractivity contribution in [2.24, 2.45) is 5.92 Å². The molecule has 7 heteroatoms. The second kappa shape index (κ2) is 10.3. The first-order valence-corrected chi connectivity index (χ1v) is 13.4. The third kappa shape index (κ3) is 4.60. The van der Waals surface area contributed by atoms with Gasteiger partial charge in [-0.25, -0.2) is 0 Å². The van der Waals surface area contributed by atoms with Crippen molar-refractivity contribution in [1.82, 2.24) is 20.1 Å². The standard InChI is InChI=1S/C28H40N4O3/c1-20(23-19-29-24-11-7-6-10-22(23)24)31-14-12-28(13-15-31)27(34)30-25(18-21-8-4-3-5-9-21)26(33)32(28)16-17-35-2/h6-7,10-11,19-21,25,29H,3-5,8-9,12-18H2,1-2H3,(H,30,34). The van der Waals surface area contributed by atoms with E-state index in [4.69, 9.17) is 4.74 Å². The summed E-state index contributed by atoms with van der Waals surface area (Å²) < 4.78 is 5.36. The van der Waals surface area contributed by atoms with Gasteiger partial charge >= 0.3 is 0 Å². The number of nitrogens with zero attached hydrogens (tertiary/aromatic N) is 2. The van der Waals surface area contributed by atoms with E-state index in [-0.39, 0.29) is 17.9 Å². The lowest BCUT2D eigenvalue weighted by atomic mass is 9.79. The summed E-state index contributed by atoms with van der Waals surface area (Å²) >= 11 is 0. The fraction of sp³-hybridized carbons (Fsp3) is 0.643. The fourth-order valence-electron chi connectivity index (χ4n) is 6.71. The number of amides is 2. The molecule has 1 saturated carbocycles. The van der Waals surface area contributed by atoms with Gasteiger partial charge in [0.15, 0.2) is 0 Å². The van der Waals surface area contributed by atoms with Gasteiger partial charge in [-0.2, -0.15) is 0 Å². The molecule has 3 aliphatic rings. The lowest BCUT2D eigenvalue weighted by Crippen LogP contribution is -2.73. The second-order valence-corrected chi connectivity index (χ2v) is 10.8. The summed E-state index contributed by atoms with van der Waals surface area (Å²) in [5.41, 5.74) is 1.66. The van der Waals surface area contributed by atoms with Crippen molar-refractivity contribution in [3.05, 3.63) is 36.0 Å². The second-order valence-electron chi connectivity index (χ2n) is 10.8. The van der Waals surface area contributed by atoms with Gasteiger partial charge in [0.2, 0.25) is 11.8 Å². The van der Waals surface area contributed by atoms with Gasteiger partial charge in [0.05, 0.1) is 6.61 Å². The zero-order valence-corrected chi connectivity index (χ0v) is 21.2. The normalized spacial score (nSPS) is 24.7. The molecule has 2 aliphatic heterocycles. The van der Waals surface area contributed by atoms with E-state index < -0.39 is 11.6 Å². The molecule has 2 unspecified atom stereocenters. The number of aromatic amines is 1. The molecule has 2 atom stereocenters. The van der Waals surface area contributed by atoms with E-state index in [0.717, 1.165) is 25.0 Å². The van der Waals surface area contributed by atoms with Crippen molar-refractivity contribution in [1.29, 1.82) is 0 Å². The monoisotopic (exact) mass is 480 g/mol. The van der Waals surface area contributed by atoms with E-state index in [1.54, 1.807) is 7.11 Å². The van der Waals surface area contributed by atoms with Crippen LogP contribution in [0.25, 0.3) is 10.9 Å². The maximum absolute atomic E-state index is 13.7. The predicted octanol–water partition coefficient (Wildman–Crippen LogP) is 4.01. The number of rotatable bonds is 7. The molecule has 3 fully saturated rings. The minimum absolute atomic E-state index is 0.0356. The van der Waals surface area contributed by atoms with Crippen LogP contribution in [0.2, 0.25) is 0 Å². The van der Waals surface area contributed by atoms with Crippen LogP contribution in [-0.2, 0) is 14.3 Å². The lowest BCUT2D eigenvalue weighted by molar-refractivity contribution is -0.163. The molecule has 2 N–H and O–H groups in total. The number of piperidine rings is 1. The number of hydrogen-bond acceptors (Lipinski definition) is 4. The van der Waals surface area contributed by atoms with Gasteiger partial charge in [-0.05, 0) is 43.7 Å². The van der Waals surface area contributed by atoms with Crippen LogP contribution >= 0.6 is 0 Å². The highest BCUT2D eigenvalue weighted by atomic mass is 16.5. The Balaban J connectivity index is 1.31. The number of likely N-dealkylation sites (tertiary alicyclic amines) is 1. The molecule has 2 amide bonds. The highest BCUT2D eigenvalue weighted by Crippen LogP contribution is 2.38. The molecule has 1 aromatic carbocycles. The molecule has 1 aliphatic carbocycles. The first-order valence-electron chi connectivity index (χ1n) is 13.4. The first-order chi connectivity index (χ1) is 17.0. The number of ether oxygens (including phenoxy) is 1. The predicted molar refractivity (Wildman–Crippen MR) is 137 cm³/mol. The molecule has 0 radical (unpaired) electrons. The Morgan fingerprint density at radius 2 is 1.86 bits per heavy atom. The Morgan fingerprint density at radius 3 is 2.60 bits per heavy atom. The van der Waals surface area contributed by atoms with Crippen molar-refractivity contribution in [2.75, 3.05) is 33.4 Å². The molecular formula is C28H40N4O3. The number of fused-ring (bicyclic) bond motifs is 1. The molecule has 1 aromatic heterocycles. The summed E-state index contributed by atoms with van der Waals surface area (Å²) in [7, 11) is 1.66. The van der Waals surface area contributed by atoms with E-state index in [2.05, 4.69) is 46.5 Å². The van der Waals surface area contributed by atoms with Crippen molar-refractivity contribution in [3.8, 4) is 0 Å². The highest BCUT2D eigenvalue weighted by Gasteiger charge is 2.53. The summed E-state index contributed by atoms with van der Waals surface area (Å²) in [6.45, 7) is 4.72. The SMILES string of the molecule is COCCN1C(=O)C(CC2CCCCC2)NC(=O)C12CCN(C(C)c1c[nH]c3ccccc13)CC2. The van der Waals surface area contributed by atoms with Crippen LogP contribution in [0.15, 0.2) is 30.5 Å². The van der Waals surface area contributed by atoms with Crippen LogP contribution in [0.4, 0.5) is 0 Å². The molecule has 3 heterocycles. The number of nitrogens with one attached hydrogen (secondary N) is 2. The molecule has 0 bridgehead atoms. The molecule has 1 spiro atoms. The molecule has 7 nitrogen and oxygen atoms in total. The van der Waals surface area contributed by atoms with Crippen LogP contribution in [0, 0.1) is 5.92 Å². The van der Waals surface area contributed by atoms with Gasteiger partial charge in [-0.1, -0.05) is 50.3 Å². The largest absolute Gasteiger partial charge is 0.383 e.